The molecule has 2 heteroatoms. The third-order valence-electron chi connectivity index (χ3n) is 6.86. The fraction of sp³-hybridized carbons (Fsp3) is 0.852. The second-order valence-corrected chi connectivity index (χ2v) is 9.79. The van der Waals surface area contributed by atoms with Crippen LogP contribution < -0.4 is 11.5 Å². The molecule has 0 saturated carbocycles. The van der Waals surface area contributed by atoms with Gasteiger partial charge in [-0.15, -0.1) is 0 Å². The van der Waals surface area contributed by atoms with Crippen LogP contribution >= 0.6 is 0 Å². The zero-order chi connectivity index (χ0) is 21.8. The van der Waals surface area contributed by atoms with Crippen molar-refractivity contribution in [3.63, 3.8) is 0 Å². The predicted molar refractivity (Wildman–Crippen MR) is 131 cm³/mol. The molecule has 0 bridgehead atoms. The molecular formula is C27H52N2. The molecule has 2 nitrogen and oxygen atoms in total. The van der Waals surface area contributed by atoms with Gasteiger partial charge in [-0.3, -0.25) is 0 Å². The van der Waals surface area contributed by atoms with Crippen LogP contribution in [0.15, 0.2) is 22.3 Å². The number of allylic oxidation sites excluding steroid dienone is 2. The van der Waals surface area contributed by atoms with Crippen LogP contribution in [0, 0.1) is 11.8 Å². The summed E-state index contributed by atoms with van der Waals surface area (Å²) in [7, 11) is 0. The molecule has 0 fully saturated rings. The summed E-state index contributed by atoms with van der Waals surface area (Å²) in [5, 5.41) is 0. The molecule has 0 aromatic carbocycles. The van der Waals surface area contributed by atoms with Crippen LogP contribution in [-0.4, -0.2) is 12.1 Å². The lowest BCUT2D eigenvalue weighted by Gasteiger charge is -2.24. The van der Waals surface area contributed by atoms with Crippen LogP contribution in [0.5, 0.6) is 0 Å². The van der Waals surface area contributed by atoms with Crippen LogP contribution in [0.2, 0.25) is 0 Å². The van der Waals surface area contributed by atoms with E-state index in [0.717, 1.165) is 25.7 Å². The first-order chi connectivity index (χ1) is 13.9. The van der Waals surface area contributed by atoms with E-state index in [0.29, 0.717) is 17.9 Å². The van der Waals surface area contributed by atoms with Crippen molar-refractivity contribution >= 4 is 0 Å². The SMILES string of the molecule is CCCCC(N)CC1=C(CC(N)CCCC)C(C(C)CCC)=C(C(C)CCC)C1. The Hall–Kier alpha value is -0.600. The van der Waals surface area contributed by atoms with Crippen LogP contribution in [0.25, 0.3) is 0 Å². The van der Waals surface area contributed by atoms with Gasteiger partial charge in [0.1, 0.15) is 0 Å². The molecule has 0 aliphatic heterocycles. The monoisotopic (exact) mass is 404 g/mol. The Balaban J connectivity index is 3.21. The lowest BCUT2D eigenvalue weighted by Crippen LogP contribution is -2.23. The first-order valence-electron chi connectivity index (χ1n) is 12.8. The minimum Gasteiger partial charge on any atom is -0.327 e. The molecular weight excluding hydrogens is 352 g/mol. The maximum Gasteiger partial charge on any atom is 0.00794 e. The number of unbranched alkanes of at least 4 members (excludes halogenated alkanes) is 2. The Bertz CT molecular complexity index is 517. The van der Waals surface area contributed by atoms with Gasteiger partial charge in [-0.05, 0) is 67.9 Å². The van der Waals surface area contributed by atoms with Crippen molar-refractivity contribution in [3.05, 3.63) is 22.3 Å². The molecule has 0 amide bonds. The fourth-order valence-electron chi connectivity index (χ4n) is 5.22. The van der Waals surface area contributed by atoms with Gasteiger partial charge in [0.15, 0.2) is 0 Å². The third kappa shape index (κ3) is 8.58. The lowest BCUT2D eigenvalue weighted by molar-refractivity contribution is 0.540. The molecule has 4 unspecified atom stereocenters. The molecule has 0 aromatic rings. The topological polar surface area (TPSA) is 52.0 Å². The van der Waals surface area contributed by atoms with Gasteiger partial charge >= 0.3 is 0 Å². The van der Waals surface area contributed by atoms with E-state index in [4.69, 9.17) is 11.5 Å². The zero-order valence-corrected chi connectivity index (χ0v) is 20.7. The van der Waals surface area contributed by atoms with Crippen molar-refractivity contribution in [2.45, 2.75) is 137 Å². The minimum absolute atomic E-state index is 0.288. The molecule has 4 N–H and O–H groups in total. The van der Waals surface area contributed by atoms with Crippen molar-refractivity contribution in [1.82, 2.24) is 0 Å². The minimum atomic E-state index is 0.288. The molecule has 0 spiro atoms. The molecule has 29 heavy (non-hydrogen) atoms. The quantitative estimate of drug-likeness (QED) is 0.277. The normalized spacial score (nSPS) is 19.0. The summed E-state index contributed by atoms with van der Waals surface area (Å²) in [5.74, 6) is 1.33. The van der Waals surface area contributed by atoms with Crippen molar-refractivity contribution < 1.29 is 0 Å². The zero-order valence-electron chi connectivity index (χ0n) is 20.7. The Morgan fingerprint density at radius 3 is 1.72 bits per heavy atom. The summed E-state index contributed by atoms with van der Waals surface area (Å²) in [4.78, 5) is 0. The highest BCUT2D eigenvalue weighted by Crippen LogP contribution is 2.45. The summed E-state index contributed by atoms with van der Waals surface area (Å²) in [6.45, 7) is 14.1. The maximum atomic E-state index is 6.64. The standard InChI is InChI=1S/C27H52N2/c1-7-11-15-23(28)17-22-18-25(20(5)13-9-3)27(21(6)14-10-4)26(22)19-24(29)16-12-8-2/h20-21,23-24H,7-19,28-29H2,1-6H3. The van der Waals surface area contributed by atoms with E-state index in [2.05, 4.69) is 41.5 Å². The Labute approximate surface area is 183 Å². The van der Waals surface area contributed by atoms with Gasteiger partial charge in [0, 0.05) is 12.1 Å². The summed E-state index contributed by atoms with van der Waals surface area (Å²) in [6.07, 6.45) is 15.6. The molecule has 4 atom stereocenters. The van der Waals surface area contributed by atoms with E-state index in [1.807, 2.05) is 0 Å². The van der Waals surface area contributed by atoms with Gasteiger partial charge in [0.05, 0.1) is 0 Å². The van der Waals surface area contributed by atoms with E-state index in [9.17, 15) is 0 Å². The van der Waals surface area contributed by atoms with Crippen molar-refractivity contribution in [2.75, 3.05) is 0 Å². The summed E-state index contributed by atoms with van der Waals surface area (Å²) < 4.78 is 0. The predicted octanol–water partition coefficient (Wildman–Crippen LogP) is 7.67. The van der Waals surface area contributed by atoms with Crippen molar-refractivity contribution in [1.29, 1.82) is 0 Å². The number of hydrogen-bond acceptors (Lipinski definition) is 2. The van der Waals surface area contributed by atoms with Gasteiger partial charge in [-0.1, -0.05) is 91.2 Å². The summed E-state index contributed by atoms with van der Waals surface area (Å²) >= 11 is 0. The maximum absolute atomic E-state index is 6.64. The van der Waals surface area contributed by atoms with Gasteiger partial charge in [-0.25, -0.2) is 0 Å². The first kappa shape index (κ1) is 26.4. The number of hydrogen-bond donors (Lipinski definition) is 2. The largest absolute Gasteiger partial charge is 0.327 e. The highest BCUT2D eigenvalue weighted by atomic mass is 14.6. The molecule has 1 aliphatic carbocycles. The van der Waals surface area contributed by atoms with E-state index in [1.54, 1.807) is 22.3 Å². The average molecular weight is 405 g/mol. The van der Waals surface area contributed by atoms with Gasteiger partial charge < -0.3 is 11.5 Å². The van der Waals surface area contributed by atoms with Crippen LogP contribution in [0.3, 0.4) is 0 Å². The molecule has 170 valence electrons. The Kier molecular flexibility index (Phi) is 13.1. The van der Waals surface area contributed by atoms with E-state index in [1.165, 1.54) is 57.8 Å². The molecule has 1 aliphatic rings. The number of nitrogens with two attached hydrogens (primary N) is 2. The second-order valence-electron chi connectivity index (χ2n) is 9.79. The highest BCUT2D eigenvalue weighted by molar-refractivity contribution is 5.50. The van der Waals surface area contributed by atoms with Gasteiger partial charge in [0.2, 0.25) is 0 Å². The molecule has 0 heterocycles. The van der Waals surface area contributed by atoms with E-state index < -0.39 is 0 Å². The van der Waals surface area contributed by atoms with Crippen molar-refractivity contribution in [2.24, 2.45) is 23.3 Å². The second kappa shape index (κ2) is 14.4. The first-order valence-corrected chi connectivity index (χ1v) is 12.8. The lowest BCUT2D eigenvalue weighted by atomic mass is 9.82. The number of rotatable bonds is 16. The van der Waals surface area contributed by atoms with Crippen molar-refractivity contribution in [3.8, 4) is 0 Å². The Morgan fingerprint density at radius 1 is 0.690 bits per heavy atom. The Morgan fingerprint density at radius 2 is 1.21 bits per heavy atom. The van der Waals surface area contributed by atoms with Crippen LogP contribution in [0.4, 0.5) is 0 Å². The van der Waals surface area contributed by atoms with Gasteiger partial charge in [0.25, 0.3) is 0 Å². The van der Waals surface area contributed by atoms with E-state index >= 15 is 0 Å². The highest BCUT2D eigenvalue weighted by Gasteiger charge is 2.31. The van der Waals surface area contributed by atoms with E-state index in [-0.39, 0.29) is 6.04 Å². The molecule has 1 rings (SSSR count). The molecule has 0 aromatic heterocycles. The molecule has 0 saturated heterocycles. The third-order valence-corrected chi connectivity index (χ3v) is 6.86. The van der Waals surface area contributed by atoms with Crippen LogP contribution in [0.1, 0.15) is 125 Å². The molecule has 0 radical (unpaired) electrons. The van der Waals surface area contributed by atoms with Gasteiger partial charge in [-0.2, -0.15) is 0 Å². The fourth-order valence-corrected chi connectivity index (χ4v) is 5.22. The smallest absolute Gasteiger partial charge is 0.00794 e. The summed E-state index contributed by atoms with van der Waals surface area (Å²) in [6, 6.07) is 0.590. The summed E-state index contributed by atoms with van der Waals surface area (Å²) in [5.41, 5.74) is 19.9. The average Bonchev–Trinajstić information content (AvgIpc) is 3.03. The van der Waals surface area contributed by atoms with Crippen LogP contribution in [-0.2, 0) is 0 Å².